The fourth-order valence-corrected chi connectivity index (χ4v) is 24.1. The van der Waals surface area contributed by atoms with Crippen LogP contribution in [0.4, 0.5) is 0 Å². The van der Waals surface area contributed by atoms with E-state index in [0.29, 0.717) is 5.92 Å². The molecule has 0 atom stereocenters. The molecule has 6 aliphatic carbocycles. The van der Waals surface area contributed by atoms with Crippen molar-refractivity contribution in [2.45, 2.75) is 312 Å². The van der Waals surface area contributed by atoms with E-state index < -0.39 is 0 Å². The Bertz CT molecular complexity index is 6820. The van der Waals surface area contributed by atoms with Crippen LogP contribution < -0.4 is 22.8 Å². The first kappa shape index (κ1) is 94.0. The minimum Gasteiger partial charge on any atom is -0.200 e. The molecule has 0 spiro atoms. The lowest BCUT2D eigenvalue weighted by Crippen LogP contribution is -2.31. The van der Waals surface area contributed by atoms with Crippen molar-refractivity contribution in [2.24, 2.45) is 35.2 Å². The zero-order chi connectivity index (χ0) is 93.4. The molecule has 5 heterocycles. The molecule has 0 saturated heterocycles. The highest BCUT2D eigenvalue weighted by Gasteiger charge is 2.31. The van der Waals surface area contributed by atoms with Crippen LogP contribution in [0.1, 0.15) is 336 Å². The SMILES string of the molecule is Cc1cc(C(C)(C)C)cc(-c2c3ccc(C4CCCC4)cc3cc[n+]2C)c1C.Cc1cc(C(C)C)cc(-c2c3ccc(C4CCCC4)cc3cc[n+]2C)c1C.Cc1cc(C)c(C)c(-c2c3ccc(C4CCCC4)cc3cc[n+]2C)c1.Cc1cc(C2CCCC2)cc(-c2c3ccc(C4CCCC4)cc3cc[n+]2C)c1C.Cc1ccc(C)c(-c2c3ccc(C4CCCC4)cc3cc[n+]2C)c1. The molecule has 686 valence electrons. The van der Waals surface area contributed by atoms with Gasteiger partial charge in [-0.1, -0.05) is 220 Å². The van der Waals surface area contributed by atoms with Gasteiger partial charge in [-0.15, -0.1) is 0 Å². The highest BCUT2D eigenvalue weighted by molar-refractivity contribution is 5.99. The average Bonchev–Trinajstić information content (AvgIpc) is 1.19. The number of aromatic nitrogens is 5. The van der Waals surface area contributed by atoms with Crippen molar-refractivity contribution >= 4 is 53.9 Å². The first-order valence-electron chi connectivity index (χ1n) is 51.6. The minimum atomic E-state index is 0.145. The van der Waals surface area contributed by atoms with Crippen LogP contribution in [0.3, 0.4) is 0 Å². The summed E-state index contributed by atoms with van der Waals surface area (Å²) in [7, 11) is 10.9. The second-order valence-electron chi connectivity index (χ2n) is 43.5. The van der Waals surface area contributed by atoms with Gasteiger partial charge in [-0.2, -0.15) is 0 Å². The smallest absolute Gasteiger partial charge is 0.200 e. The molecule has 133 heavy (non-hydrogen) atoms. The third-order valence-electron chi connectivity index (χ3n) is 32.8. The Morgan fingerprint density at radius 3 is 0.812 bits per heavy atom. The molecule has 5 aromatic heterocycles. The van der Waals surface area contributed by atoms with E-state index in [4.69, 9.17) is 0 Å². The van der Waals surface area contributed by atoms with Gasteiger partial charge in [0.2, 0.25) is 28.5 Å². The van der Waals surface area contributed by atoms with Gasteiger partial charge in [-0.3, -0.25) is 0 Å². The highest BCUT2D eigenvalue weighted by atomic mass is 14.9. The minimum absolute atomic E-state index is 0.145. The van der Waals surface area contributed by atoms with Gasteiger partial charge in [0.25, 0.3) is 0 Å². The van der Waals surface area contributed by atoms with Crippen molar-refractivity contribution in [3.8, 4) is 56.3 Å². The van der Waals surface area contributed by atoms with E-state index >= 15 is 0 Å². The van der Waals surface area contributed by atoms with Gasteiger partial charge in [-0.25, -0.2) is 22.8 Å². The van der Waals surface area contributed by atoms with Crippen LogP contribution in [0.5, 0.6) is 0 Å². The van der Waals surface area contributed by atoms with Gasteiger partial charge in [0.15, 0.2) is 31.0 Å². The maximum Gasteiger partial charge on any atom is 0.220 e. The number of hydrogen-bond acceptors (Lipinski definition) is 0. The lowest BCUT2D eigenvalue weighted by Gasteiger charge is -2.22. The molecular weight excluding hydrogens is 1610 g/mol. The predicted molar refractivity (Wildman–Crippen MR) is 565 cm³/mol. The monoisotopic (exact) mass is 1760 g/mol. The molecular formula is C128H154N5+5. The number of aryl methyl sites for hydroxylation is 12. The third-order valence-corrected chi connectivity index (χ3v) is 32.8. The number of benzene rings is 10. The molecule has 6 saturated carbocycles. The molecule has 0 bridgehead atoms. The van der Waals surface area contributed by atoms with E-state index in [1.165, 1.54) is 359 Å². The summed E-state index contributed by atoms with van der Waals surface area (Å²) < 4.78 is 11.5. The van der Waals surface area contributed by atoms with Crippen molar-refractivity contribution in [1.82, 2.24) is 0 Å². The molecule has 0 aliphatic heterocycles. The van der Waals surface area contributed by atoms with Crippen LogP contribution in [0.15, 0.2) is 219 Å². The Kier molecular flexibility index (Phi) is 28.6. The average molecular weight is 1760 g/mol. The molecule has 0 unspecified atom stereocenters. The zero-order valence-corrected chi connectivity index (χ0v) is 85.0. The first-order chi connectivity index (χ1) is 64.0. The summed E-state index contributed by atoms with van der Waals surface area (Å²) >= 11 is 0. The number of fused-ring (bicyclic) bond motifs is 5. The van der Waals surface area contributed by atoms with Gasteiger partial charge in [0, 0.05) is 35.9 Å². The van der Waals surface area contributed by atoms with Crippen LogP contribution in [0.25, 0.3) is 110 Å². The normalized spacial score (nSPS) is 15.9. The topological polar surface area (TPSA) is 19.4 Å². The zero-order valence-electron chi connectivity index (χ0n) is 85.0. The first-order valence-corrected chi connectivity index (χ1v) is 51.6. The van der Waals surface area contributed by atoms with Gasteiger partial charge < -0.3 is 0 Å². The molecule has 5 nitrogen and oxygen atoms in total. The molecule has 6 fully saturated rings. The van der Waals surface area contributed by atoms with Gasteiger partial charge >= 0.3 is 0 Å². The van der Waals surface area contributed by atoms with E-state index in [-0.39, 0.29) is 5.41 Å². The fourth-order valence-electron chi connectivity index (χ4n) is 24.1. The van der Waals surface area contributed by atoms with E-state index in [1.54, 1.807) is 11.1 Å². The molecule has 0 radical (unpaired) electrons. The Morgan fingerprint density at radius 1 is 0.233 bits per heavy atom. The summed E-state index contributed by atoms with van der Waals surface area (Å²) in [6.45, 7) is 36.1. The lowest BCUT2D eigenvalue weighted by molar-refractivity contribution is -0.659. The molecule has 5 heteroatoms. The standard InChI is InChI=1S/C28H34N.C27H34N.C26H32N.C24H28N.C23H26N/c1-19-16-25(22-10-6-7-11-22)18-27(20(19)2)28-26-13-12-23(21-8-4-5-9-21)17-24(26)14-15-29(28)3;1-18-15-23(27(3,4)5)17-25(19(18)2)26-24-12-11-21(20-9-7-8-10-20)16-22(24)13-14-28(26)6;1-17(2)23-14-18(3)19(4)25(16-23)26-24-11-10-21(20-8-6-7-9-20)15-22(24)12-13-27(26)5;1-16-13-17(2)18(3)23(14-16)24-22-10-9-20(19-7-5-6-8-19)15-21(22)11-12-25(24)4;1-16-8-9-17(2)22(14-16)23-21-11-10-19(18-6-4-5-7-18)15-20(21)12-13-24(23)3/h12-18,21-22H,4-11H2,1-3H3;11-17,20H,7-10H2,1-6H3;10-17,20H,6-9H2,1-5H3;9-15,19H,5-8H2,1-4H3;8-15,18H,4-7H2,1-3H3/q5*+1. The quantitative estimate of drug-likeness (QED) is 0.109. The van der Waals surface area contributed by atoms with E-state index in [1.807, 2.05) is 0 Å². The van der Waals surface area contributed by atoms with Crippen LogP contribution in [0.2, 0.25) is 0 Å². The largest absolute Gasteiger partial charge is 0.220 e. The van der Waals surface area contributed by atoms with E-state index in [9.17, 15) is 0 Å². The molecule has 15 aromatic rings. The molecule has 21 rings (SSSR count). The summed E-state index contributed by atoms with van der Waals surface area (Å²) in [6.07, 6.45) is 44.1. The highest BCUT2D eigenvalue weighted by Crippen LogP contribution is 2.46. The maximum absolute atomic E-state index is 2.51. The van der Waals surface area contributed by atoms with Crippen LogP contribution >= 0.6 is 0 Å². The molecule has 6 aliphatic rings. The Morgan fingerprint density at radius 2 is 0.496 bits per heavy atom. The van der Waals surface area contributed by atoms with Crippen LogP contribution in [0, 0.1) is 76.2 Å². The van der Waals surface area contributed by atoms with Crippen LogP contribution in [-0.4, -0.2) is 0 Å². The fraction of sp³-hybridized carbons (Fsp3) is 0.414. The second-order valence-corrected chi connectivity index (χ2v) is 43.5. The van der Waals surface area contributed by atoms with Gasteiger partial charge in [0.1, 0.15) is 35.2 Å². The Labute approximate surface area is 799 Å². The molecule has 0 amide bonds. The summed E-state index contributed by atoms with van der Waals surface area (Å²) in [5, 5.41) is 13.7. The van der Waals surface area contributed by atoms with Crippen molar-refractivity contribution in [3.05, 3.63) is 325 Å². The second kappa shape index (κ2) is 40.4. The Balaban J connectivity index is 0.000000116. The number of hydrogen-bond donors (Lipinski definition) is 0. The lowest BCUT2D eigenvalue weighted by atomic mass is 9.82. The molecule has 0 N–H and O–H groups in total. The summed E-state index contributed by atoms with van der Waals surface area (Å²) in [4.78, 5) is 0. The number of nitrogens with zero attached hydrogens (tertiary/aromatic N) is 5. The third kappa shape index (κ3) is 20.2. The summed E-state index contributed by atoms with van der Waals surface area (Å²) in [5.74, 6) is 5.12. The van der Waals surface area contributed by atoms with Crippen molar-refractivity contribution in [1.29, 1.82) is 0 Å². The van der Waals surface area contributed by atoms with Crippen LogP contribution in [-0.2, 0) is 40.7 Å². The maximum atomic E-state index is 2.51. The van der Waals surface area contributed by atoms with Gasteiger partial charge in [0.05, 0.1) is 49.2 Å². The van der Waals surface area contributed by atoms with Crippen molar-refractivity contribution in [2.75, 3.05) is 0 Å². The van der Waals surface area contributed by atoms with Crippen molar-refractivity contribution < 1.29 is 22.8 Å². The number of rotatable bonds is 12. The van der Waals surface area contributed by atoms with Crippen molar-refractivity contribution in [3.63, 3.8) is 0 Å². The van der Waals surface area contributed by atoms with E-state index in [0.717, 1.165) is 35.5 Å². The predicted octanol–water partition coefficient (Wildman–Crippen LogP) is 32.4. The van der Waals surface area contributed by atoms with Gasteiger partial charge in [-0.05, 0) is 382 Å². The summed E-state index contributed by atoms with van der Waals surface area (Å²) in [5.41, 5.74) is 40.9. The van der Waals surface area contributed by atoms with E-state index in [2.05, 4.69) is 388 Å². The summed E-state index contributed by atoms with van der Waals surface area (Å²) in [6, 6.07) is 73.3. The Hall–Kier alpha value is -10.8. The number of pyridine rings is 5. The molecule has 10 aromatic carbocycles.